The molecule has 0 bridgehead atoms. The van der Waals surface area contributed by atoms with Gasteiger partial charge >= 0.3 is 0 Å². The van der Waals surface area contributed by atoms with Crippen LogP contribution in [0.3, 0.4) is 0 Å². The molecule has 0 saturated carbocycles. The molecule has 1 radical (unpaired) electrons. The van der Waals surface area contributed by atoms with Gasteiger partial charge in [0.05, 0.1) is 31.5 Å². The number of carbonyl (C=O) groups is 1. The van der Waals surface area contributed by atoms with E-state index in [9.17, 15) is 25.2 Å². The SMILES string of the molecule is CC(C)OC[C@H]1OC(CCCNC(=O)CCCCO[C@H]2O[C@H](CO)[C@@H](O)[C@H](O)[C@@H]2O)CC1O.[Y]. The van der Waals surface area contributed by atoms with E-state index in [0.717, 1.165) is 12.8 Å². The van der Waals surface area contributed by atoms with Gasteiger partial charge in [-0.25, -0.2) is 0 Å². The largest absolute Gasteiger partial charge is 0.394 e. The van der Waals surface area contributed by atoms with Crippen LogP contribution in [0.25, 0.3) is 0 Å². The first-order valence-electron chi connectivity index (χ1n) is 11.9. The topological polar surface area (TPSA) is 167 Å². The van der Waals surface area contributed by atoms with Crippen LogP contribution in [0.4, 0.5) is 0 Å². The smallest absolute Gasteiger partial charge is 0.219 e. The van der Waals surface area contributed by atoms with Crippen LogP contribution in [0.5, 0.6) is 0 Å². The Morgan fingerprint density at radius 2 is 1.76 bits per heavy atom. The number of carbonyl (C=O) groups excluding carboxylic acids is 1. The minimum atomic E-state index is -1.47. The van der Waals surface area contributed by atoms with Crippen molar-refractivity contribution in [2.45, 2.75) is 107 Å². The standard InChI is InChI=1S/C22H41NO10.Y/c1-13(2)31-12-17-15(25)10-14(32-17)6-5-8-23-18(26)7-3-4-9-30-22-21(29)20(28)19(27)16(11-24)33-22;/h13-17,19-22,24-25,27-29H,3-12H2,1-2H3,(H,23,26);/t14?,15?,16-,17-,19-,20+,21+,22+;/m1./s1. The molecule has 2 saturated heterocycles. The maximum atomic E-state index is 12.0. The fourth-order valence-corrected chi connectivity index (χ4v) is 3.88. The molecule has 0 aromatic heterocycles. The van der Waals surface area contributed by atoms with Crippen molar-refractivity contribution in [3.63, 3.8) is 0 Å². The maximum Gasteiger partial charge on any atom is 0.219 e. The molecule has 2 fully saturated rings. The maximum absolute atomic E-state index is 12.0. The second kappa shape index (κ2) is 16.9. The van der Waals surface area contributed by atoms with Crippen LogP contribution < -0.4 is 5.32 Å². The second-order valence-corrected chi connectivity index (χ2v) is 9.00. The van der Waals surface area contributed by atoms with Gasteiger partial charge in [-0.05, 0) is 39.5 Å². The Morgan fingerprint density at radius 1 is 1.03 bits per heavy atom. The summed E-state index contributed by atoms with van der Waals surface area (Å²) < 4.78 is 22.0. The number of ether oxygens (including phenoxy) is 4. The predicted molar refractivity (Wildman–Crippen MR) is 116 cm³/mol. The third-order valence-electron chi connectivity index (χ3n) is 5.85. The van der Waals surface area contributed by atoms with Gasteiger partial charge in [-0.2, -0.15) is 0 Å². The van der Waals surface area contributed by atoms with Crippen molar-refractivity contribution in [1.29, 1.82) is 0 Å². The number of rotatable bonds is 14. The summed E-state index contributed by atoms with van der Waals surface area (Å²) in [7, 11) is 0. The van der Waals surface area contributed by atoms with Gasteiger partial charge in [0.1, 0.15) is 30.5 Å². The zero-order valence-electron chi connectivity index (χ0n) is 20.1. The summed E-state index contributed by atoms with van der Waals surface area (Å²) in [6.07, 6.45) is -3.70. The molecule has 0 aromatic rings. The van der Waals surface area contributed by atoms with Crippen LogP contribution in [0.1, 0.15) is 52.4 Å². The number of nitrogens with one attached hydrogen (secondary N) is 1. The van der Waals surface area contributed by atoms with Gasteiger partial charge in [0.15, 0.2) is 6.29 Å². The van der Waals surface area contributed by atoms with Crippen molar-refractivity contribution in [1.82, 2.24) is 5.32 Å². The van der Waals surface area contributed by atoms with E-state index in [4.69, 9.17) is 24.1 Å². The number of unbranched alkanes of at least 4 members (excludes halogenated alkanes) is 1. The van der Waals surface area contributed by atoms with Crippen LogP contribution in [-0.4, -0.2) is 113 Å². The van der Waals surface area contributed by atoms with Crippen LogP contribution >= 0.6 is 0 Å². The van der Waals surface area contributed by atoms with Gasteiger partial charge < -0.3 is 49.8 Å². The number of aliphatic hydroxyl groups is 5. The van der Waals surface area contributed by atoms with Crippen molar-refractivity contribution in [3.05, 3.63) is 0 Å². The molecule has 12 heteroatoms. The Hall–Kier alpha value is 0.214. The Morgan fingerprint density at radius 3 is 2.44 bits per heavy atom. The summed E-state index contributed by atoms with van der Waals surface area (Å²) in [5, 5.41) is 51.5. The molecule has 0 aliphatic carbocycles. The Balaban J connectivity index is 0.00000578. The van der Waals surface area contributed by atoms with E-state index < -0.39 is 43.4 Å². The van der Waals surface area contributed by atoms with E-state index in [1.807, 2.05) is 13.8 Å². The average Bonchev–Trinajstić information content (AvgIpc) is 3.14. The normalized spacial score (nSPS) is 33.6. The summed E-state index contributed by atoms with van der Waals surface area (Å²) in [6, 6.07) is 0. The molecular formula is C22H41NO10Y. The molecule has 0 aromatic carbocycles. The fourth-order valence-electron chi connectivity index (χ4n) is 3.88. The molecule has 2 aliphatic rings. The van der Waals surface area contributed by atoms with Crippen LogP contribution in [0.2, 0.25) is 0 Å². The minimum absolute atomic E-state index is 0. The molecule has 8 atom stereocenters. The number of hydrogen-bond acceptors (Lipinski definition) is 10. The zero-order chi connectivity index (χ0) is 24.4. The molecule has 0 spiro atoms. The van der Waals surface area contributed by atoms with Crippen LogP contribution in [0.15, 0.2) is 0 Å². The number of hydrogen-bond donors (Lipinski definition) is 6. The molecule has 34 heavy (non-hydrogen) atoms. The van der Waals surface area contributed by atoms with Crippen molar-refractivity contribution in [2.24, 2.45) is 0 Å². The first kappa shape index (κ1) is 32.2. The van der Waals surface area contributed by atoms with E-state index in [0.29, 0.717) is 38.8 Å². The van der Waals surface area contributed by atoms with E-state index in [1.54, 1.807) is 0 Å². The summed E-state index contributed by atoms with van der Waals surface area (Å²) in [5.74, 6) is -0.0709. The molecule has 6 N–H and O–H groups in total. The minimum Gasteiger partial charge on any atom is -0.394 e. The predicted octanol–water partition coefficient (Wildman–Crippen LogP) is -1.19. The molecule has 1 amide bonds. The van der Waals surface area contributed by atoms with E-state index in [2.05, 4.69) is 5.32 Å². The Kier molecular flexibility index (Phi) is 16.0. The third kappa shape index (κ3) is 10.7. The molecule has 2 aliphatic heterocycles. The summed E-state index contributed by atoms with van der Waals surface area (Å²) >= 11 is 0. The summed E-state index contributed by atoms with van der Waals surface area (Å²) in [4.78, 5) is 12.0. The Bertz CT molecular complexity index is 570. The van der Waals surface area contributed by atoms with Crippen LogP contribution in [0, 0.1) is 0 Å². The summed E-state index contributed by atoms with van der Waals surface area (Å²) in [6.45, 7) is 4.48. The second-order valence-electron chi connectivity index (χ2n) is 9.00. The average molecular weight is 568 g/mol. The fraction of sp³-hybridized carbons (Fsp3) is 0.955. The van der Waals surface area contributed by atoms with E-state index >= 15 is 0 Å². The summed E-state index contributed by atoms with van der Waals surface area (Å²) in [5.41, 5.74) is 0. The monoisotopic (exact) mass is 568 g/mol. The Labute approximate surface area is 226 Å². The molecule has 11 nitrogen and oxygen atoms in total. The van der Waals surface area contributed by atoms with Crippen molar-refractivity contribution in [2.75, 3.05) is 26.4 Å². The van der Waals surface area contributed by atoms with Gasteiger partial charge in [0, 0.05) is 58.7 Å². The molecular weight excluding hydrogens is 527 g/mol. The van der Waals surface area contributed by atoms with E-state index in [1.165, 1.54) is 0 Å². The van der Waals surface area contributed by atoms with Crippen molar-refractivity contribution in [3.8, 4) is 0 Å². The quantitative estimate of drug-likeness (QED) is 0.140. The number of amides is 1. The zero-order valence-corrected chi connectivity index (χ0v) is 23.0. The van der Waals surface area contributed by atoms with Gasteiger partial charge in [0.25, 0.3) is 0 Å². The van der Waals surface area contributed by atoms with Gasteiger partial charge in [-0.3, -0.25) is 4.79 Å². The first-order valence-corrected chi connectivity index (χ1v) is 11.9. The van der Waals surface area contributed by atoms with Crippen molar-refractivity contribution >= 4 is 5.91 Å². The third-order valence-corrected chi connectivity index (χ3v) is 5.85. The van der Waals surface area contributed by atoms with Gasteiger partial charge in [-0.1, -0.05) is 0 Å². The molecule has 2 rings (SSSR count). The molecule has 2 heterocycles. The van der Waals surface area contributed by atoms with Crippen LogP contribution in [-0.2, 0) is 56.5 Å². The molecule has 197 valence electrons. The molecule has 2 unspecified atom stereocenters. The van der Waals surface area contributed by atoms with E-state index in [-0.39, 0.29) is 63.5 Å². The first-order chi connectivity index (χ1) is 15.7. The van der Waals surface area contributed by atoms with Gasteiger partial charge in [-0.15, -0.1) is 0 Å². The van der Waals surface area contributed by atoms with Gasteiger partial charge in [0.2, 0.25) is 5.91 Å². The number of aliphatic hydroxyl groups excluding tert-OH is 5. The van der Waals surface area contributed by atoms with Crippen molar-refractivity contribution < 1.29 is 82.0 Å².